The number of aryl methyl sites for hydroxylation is 1. The summed E-state index contributed by atoms with van der Waals surface area (Å²) < 4.78 is 48.3. The number of rotatable bonds is 2. The first-order valence-corrected chi connectivity index (χ1v) is 5.06. The van der Waals surface area contributed by atoms with Crippen LogP contribution in [0.4, 0.5) is 4.39 Å². The van der Waals surface area contributed by atoms with Gasteiger partial charge in [-0.2, -0.15) is 0 Å². The average molecular weight is 264 g/mol. The summed E-state index contributed by atoms with van der Waals surface area (Å²) >= 11 is 0. The zero-order valence-electron chi connectivity index (χ0n) is 13.0. The van der Waals surface area contributed by atoms with Crippen LogP contribution in [-0.4, -0.2) is 44.7 Å². The number of hydrogen-bond donors (Lipinski definition) is 3. The molecule has 2 rings (SSSR count). The summed E-state index contributed by atoms with van der Waals surface area (Å²) in [5.74, 6) is 0. The van der Waals surface area contributed by atoms with E-state index in [0.29, 0.717) is 10.8 Å². The number of nitrogens with one attached hydrogen (secondary N) is 1. The van der Waals surface area contributed by atoms with Gasteiger partial charge in [0.2, 0.25) is 0 Å². The lowest BCUT2D eigenvalue weighted by atomic mass is 10.1. The summed E-state index contributed by atoms with van der Waals surface area (Å²) in [5, 5.41) is 18.5. The van der Waals surface area contributed by atoms with Crippen molar-refractivity contribution >= 4 is 0 Å². The monoisotopic (exact) mass is 264 g/mol. The molecule has 7 nitrogen and oxygen atoms in total. The molecule has 0 bridgehead atoms. The van der Waals surface area contributed by atoms with Gasteiger partial charge in [0, 0.05) is 15.9 Å². The molecule has 0 saturated carbocycles. The molecule has 1 unspecified atom stereocenters. The molecular formula is C10H13FN2O5. The van der Waals surface area contributed by atoms with Crippen molar-refractivity contribution in [1.82, 2.24) is 9.54 Å². The van der Waals surface area contributed by atoms with Crippen molar-refractivity contribution in [3.8, 4) is 0 Å². The van der Waals surface area contributed by atoms with Crippen LogP contribution in [0, 0.1) is 6.85 Å². The van der Waals surface area contributed by atoms with E-state index in [1.54, 1.807) is 0 Å². The van der Waals surface area contributed by atoms with Crippen molar-refractivity contribution in [3.63, 3.8) is 0 Å². The Kier molecular flexibility index (Phi) is 2.21. The molecule has 0 spiro atoms. The Morgan fingerprint density at radius 2 is 2.44 bits per heavy atom. The van der Waals surface area contributed by atoms with Gasteiger partial charge in [0.1, 0.15) is 12.2 Å². The van der Waals surface area contributed by atoms with E-state index in [1.165, 1.54) is 0 Å². The van der Waals surface area contributed by atoms with E-state index in [1.807, 2.05) is 0 Å². The van der Waals surface area contributed by atoms with Gasteiger partial charge in [-0.05, 0) is 6.85 Å². The van der Waals surface area contributed by atoms with E-state index in [-0.39, 0.29) is 4.98 Å². The van der Waals surface area contributed by atoms with Crippen molar-refractivity contribution in [2.24, 2.45) is 0 Å². The lowest BCUT2D eigenvalue weighted by Crippen LogP contribution is -2.36. The molecule has 0 aliphatic carbocycles. The Balaban J connectivity index is 2.60. The third-order valence-corrected chi connectivity index (χ3v) is 2.66. The first kappa shape index (κ1) is 8.57. The topological polar surface area (TPSA) is 105 Å². The maximum absolute atomic E-state index is 14.0. The number of hydrogen-bond acceptors (Lipinski definition) is 5. The Morgan fingerprint density at radius 3 is 3.00 bits per heavy atom. The van der Waals surface area contributed by atoms with Gasteiger partial charge in [0.15, 0.2) is 13.8 Å². The largest absolute Gasteiger partial charge is 0.394 e. The van der Waals surface area contributed by atoms with Crippen molar-refractivity contribution in [1.29, 1.82) is 0 Å². The highest BCUT2D eigenvalue weighted by molar-refractivity contribution is 5.03. The van der Waals surface area contributed by atoms with E-state index in [4.69, 9.17) is 15.4 Å². The third kappa shape index (κ3) is 1.98. The third-order valence-electron chi connectivity index (χ3n) is 2.66. The minimum atomic E-state index is -2.92. The van der Waals surface area contributed by atoms with Crippen LogP contribution < -0.4 is 11.2 Å². The molecule has 3 N–H and O–H groups in total. The number of halogens is 1. The van der Waals surface area contributed by atoms with Gasteiger partial charge in [-0.15, -0.1) is 0 Å². The fraction of sp³-hybridized carbons (Fsp3) is 0.600. The molecule has 0 aromatic carbocycles. The molecule has 8 heteroatoms. The van der Waals surface area contributed by atoms with Crippen molar-refractivity contribution in [3.05, 3.63) is 32.6 Å². The highest BCUT2D eigenvalue weighted by Crippen LogP contribution is 2.30. The SMILES string of the molecule is [2H]n1c(=O)c(C([2H])([2H])[2H])cn([C@H]2O[C@@H](CO)[C@@H](O)C2F)c1=O. The molecule has 1 aromatic rings. The number of H-pyrrole nitrogens is 1. The lowest BCUT2D eigenvalue weighted by Gasteiger charge is -2.15. The van der Waals surface area contributed by atoms with Gasteiger partial charge in [-0.3, -0.25) is 14.3 Å². The average Bonchev–Trinajstić information content (AvgIpc) is 2.71. The summed E-state index contributed by atoms with van der Waals surface area (Å²) in [7, 11) is 0. The van der Waals surface area contributed by atoms with E-state index in [2.05, 4.69) is 0 Å². The molecule has 100 valence electrons. The molecule has 0 radical (unpaired) electrons. The molecule has 1 aliphatic heterocycles. The minimum absolute atomic E-state index is 0.226. The Bertz CT molecular complexity index is 687. The summed E-state index contributed by atoms with van der Waals surface area (Å²) in [6, 6.07) is 0. The number of nitrogens with zero attached hydrogens (tertiary/aromatic N) is 1. The predicted molar refractivity (Wildman–Crippen MR) is 58.0 cm³/mol. The number of aliphatic hydroxyl groups is 2. The number of aromatic nitrogens is 2. The van der Waals surface area contributed by atoms with Crippen molar-refractivity contribution in [2.75, 3.05) is 6.61 Å². The highest BCUT2D eigenvalue weighted by Gasteiger charge is 2.45. The standard InChI is InChI=1S/C10H13FN2O5/c1-4-2-13(10(17)12-8(4)16)9-6(11)7(15)5(3-14)18-9/h2,5-7,9,14-15H,3H2,1H3,(H,12,16,17)/t5-,6?,7+,9-/m0/s1/i1D3/hD. The Labute approximate surface area is 106 Å². The summed E-state index contributed by atoms with van der Waals surface area (Å²) in [6.07, 6.45) is -6.35. The maximum atomic E-state index is 14.0. The molecule has 1 aliphatic rings. The molecular weight excluding hydrogens is 247 g/mol. The molecule has 18 heavy (non-hydrogen) atoms. The number of alkyl halides is 1. The van der Waals surface area contributed by atoms with Crippen LogP contribution in [0.15, 0.2) is 15.8 Å². The van der Waals surface area contributed by atoms with Crippen LogP contribution in [0.25, 0.3) is 0 Å². The summed E-state index contributed by atoms with van der Waals surface area (Å²) in [6.45, 7) is -3.64. The number of aliphatic hydroxyl groups excluding tert-OH is 2. The quantitative estimate of drug-likeness (QED) is 0.599. The van der Waals surface area contributed by atoms with Crippen LogP contribution in [0.1, 0.15) is 15.9 Å². The first-order valence-electron chi connectivity index (χ1n) is 7.00. The first-order chi connectivity index (χ1) is 10.1. The number of aromatic amines is 1. The molecule has 1 aromatic heterocycles. The second-order valence-electron chi connectivity index (χ2n) is 3.83. The Morgan fingerprint density at radius 1 is 1.72 bits per heavy atom. The van der Waals surface area contributed by atoms with Gasteiger partial charge in [0.25, 0.3) is 5.56 Å². The molecule has 0 amide bonds. The highest BCUT2D eigenvalue weighted by atomic mass is 19.1. The molecule has 2 heterocycles. The second kappa shape index (κ2) is 4.63. The summed E-state index contributed by atoms with van der Waals surface area (Å²) in [5.41, 5.74) is -3.54. The predicted octanol–water partition coefficient (Wildman–Crippen LogP) is -1.57. The van der Waals surface area contributed by atoms with Crippen LogP contribution in [0.5, 0.6) is 0 Å². The van der Waals surface area contributed by atoms with Crippen LogP contribution in [-0.2, 0) is 4.74 Å². The minimum Gasteiger partial charge on any atom is -0.394 e. The van der Waals surface area contributed by atoms with Crippen molar-refractivity contribution < 1.29 is 24.9 Å². The molecule has 1 saturated heterocycles. The molecule has 4 atom stereocenters. The zero-order chi connectivity index (χ0) is 16.8. The second-order valence-corrected chi connectivity index (χ2v) is 3.83. The normalized spacial score (nSPS) is 35.7. The van der Waals surface area contributed by atoms with Crippen LogP contribution in [0.3, 0.4) is 0 Å². The summed E-state index contributed by atoms with van der Waals surface area (Å²) in [4.78, 5) is 23.3. The zero-order valence-corrected chi connectivity index (χ0v) is 8.99. The maximum Gasteiger partial charge on any atom is 0.330 e. The van der Waals surface area contributed by atoms with Gasteiger partial charge in [-0.1, -0.05) is 0 Å². The van der Waals surface area contributed by atoms with Crippen LogP contribution >= 0.6 is 0 Å². The smallest absolute Gasteiger partial charge is 0.330 e. The fourth-order valence-corrected chi connectivity index (χ4v) is 1.72. The van der Waals surface area contributed by atoms with Gasteiger partial charge >= 0.3 is 5.69 Å². The van der Waals surface area contributed by atoms with E-state index in [0.717, 1.165) is 0 Å². The van der Waals surface area contributed by atoms with E-state index in [9.17, 15) is 19.1 Å². The van der Waals surface area contributed by atoms with Crippen molar-refractivity contribution in [2.45, 2.75) is 31.5 Å². The van der Waals surface area contributed by atoms with Crippen LogP contribution in [0.2, 0.25) is 1.41 Å². The van der Waals surface area contributed by atoms with Gasteiger partial charge < -0.3 is 14.9 Å². The lowest BCUT2D eigenvalue weighted by molar-refractivity contribution is -0.0492. The van der Waals surface area contributed by atoms with Gasteiger partial charge in [0.05, 0.1) is 6.61 Å². The van der Waals surface area contributed by atoms with E-state index >= 15 is 0 Å². The van der Waals surface area contributed by atoms with Gasteiger partial charge in [-0.25, -0.2) is 9.18 Å². The van der Waals surface area contributed by atoms with E-state index < -0.39 is 54.9 Å². The molecule has 1 fully saturated rings. The number of ether oxygens (including phenoxy) is 1. The fourth-order valence-electron chi connectivity index (χ4n) is 1.72. The Hall–Kier alpha value is -1.51.